The van der Waals surface area contributed by atoms with Gasteiger partial charge >= 0.3 is 6.03 Å². The van der Waals surface area contributed by atoms with Crippen LogP contribution in [0.1, 0.15) is 40.9 Å². The summed E-state index contributed by atoms with van der Waals surface area (Å²) >= 11 is 0. The summed E-state index contributed by atoms with van der Waals surface area (Å²) in [6.45, 7) is 3.85. The van der Waals surface area contributed by atoms with E-state index in [1.807, 2.05) is 27.1 Å². The van der Waals surface area contributed by atoms with E-state index in [4.69, 9.17) is 0 Å². The summed E-state index contributed by atoms with van der Waals surface area (Å²) in [7, 11) is 3.42. The molecule has 3 N–H and O–H groups in total. The molecule has 1 atom stereocenters. The molecule has 0 unspecified atom stereocenters. The fourth-order valence-electron chi connectivity index (χ4n) is 2.45. The third-order valence-electron chi connectivity index (χ3n) is 3.80. The van der Waals surface area contributed by atoms with E-state index < -0.39 is 0 Å². The Morgan fingerprint density at radius 2 is 2.08 bits per heavy atom. The van der Waals surface area contributed by atoms with Gasteiger partial charge < -0.3 is 16.0 Å². The molecule has 0 bridgehead atoms. The number of hydrogen-bond donors (Lipinski definition) is 3. The third-order valence-corrected chi connectivity index (χ3v) is 3.80. The molecule has 2 aromatic rings. The lowest BCUT2D eigenvalue weighted by Crippen LogP contribution is -2.32. The van der Waals surface area contributed by atoms with Gasteiger partial charge in [0.2, 0.25) is 0 Å². The van der Waals surface area contributed by atoms with Gasteiger partial charge in [-0.1, -0.05) is 6.92 Å². The molecule has 3 amide bonds. The van der Waals surface area contributed by atoms with E-state index in [2.05, 4.69) is 21.0 Å². The van der Waals surface area contributed by atoms with Gasteiger partial charge in [0, 0.05) is 37.1 Å². The predicted molar refractivity (Wildman–Crippen MR) is 93.0 cm³/mol. The summed E-state index contributed by atoms with van der Waals surface area (Å²) in [5.74, 6) is -0.156. The van der Waals surface area contributed by atoms with Crippen molar-refractivity contribution in [3.63, 3.8) is 0 Å². The first-order valence-corrected chi connectivity index (χ1v) is 7.83. The Morgan fingerprint density at radius 3 is 2.62 bits per heavy atom. The van der Waals surface area contributed by atoms with Gasteiger partial charge in [-0.25, -0.2) is 4.79 Å². The molecule has 7 nitrogen and oxygen atoms in total. The van der Waals surface area contributed by atoms with Crippen LogP contribution in [0, 0.1) is 6.92 Å². The van der Waals surface area contributed by atoms with Crippen molar-refractivity contribution in [1.29, 1.82) is 0 Å². The van der Waals surface area contributed by atoms with Crippen molar-refractivity contribution in [2.45, 2.75) is 26.3 Å². The Labute approximate surface area is 141 Å². The molecule has 0 aliphatic rings. The number of hydrogen-bond acceptors (Lipinski definition) is 3. The first kappa shape index (κ1) is 17.5. The predicted octanol–water partition coefficient (Wildman–Crippen LogP) is 2.36. The minimum atomic E-state index is -0.290. The van der Waals surface area contributed by atoms with E-state index in [9.17, 15) is 9.59 Å². The molecule has 1 aromatic heterocycles. The SMILES string of the molecule is CC[C@H](NC(=O)Nc1ccc(C(=O)NC)cc1C)c1cnn(C)c1. The van der Waals surface area contributed by atoms with Gasteiger partial charge in [0.1, 0.15) is 0 Å². The van der Waals surface area contributed by atoms with Gasteiger partial charge in [0.25, 0.3) is 5.91 Å². The van der Waals surface area contributed by atoms with Crippen LogP contribution in [-0.2, 0) is 7.05 Å². The van der Waals surface area contributed by atoms with Gasteiger partial charge in [-0.15, -0.1) is 0 Å². The molecule has 0 fully saturated rings. The van der Waals surface area contributed by atoms with Crippen LogP contribution in [0.15, 0.2) is 30.6 Å². The Balaban J connectivity index is 2.05. The molecule has 1 aromatic carbocycles. The fourth-order valence-corrected chi connectivity index (χ4v) is 2.45. The van der Waals surface area contributed by atoms with Gasteiger partial charge in [-0.2, -0.15) is 5.10 Å². The number of benzene rings is 1. The molecule has 0 aliphatic heterocycles. The van der Waals surface area contributed by atoms with E-state index in [1.165, 1.54) is 0 Å². The average Bonchev–Trinajstić information content (AvgIpc) is 3.00. The Bertz CT molecular complexity index is 738. The van der Waals surface area contributed by atoms with Crippen molar-refractivity contribution in [1.82, 2.24) is 20.4 Å². The molecule has 0 saturated carbocycles. The van der Waals surface area contributed by atoms with Crippen LogP contribution < -0.4 is 16.0 Å². The van der Waals surface area contributed by atoms with Crippen molar-refractivity contribution in [3.8, 4) is 0 Å². The summed E-state index contributed by atoms with van der Waals surface area (Å²) in [6, 6.07) is 4.75. The zero-order valence-electron chi connectivity index (χ0n) is 14.4. The molecule has 0 spiro atoms. The highest BCUT2D eigenvalue weighted by Gasteiger charge is 2.15. The van der Waals surface area contributed by atoms with Crippen molar-refractivity contribution < 1.29 is 9.59 Å². The maximum Gasteiger partial charge on any atom is 0.319 e. The number of rotatable bonds is 5. The fraction of sp³-hybridized carbons (Fsp3) is 0.353. The maximum atomic E-state index is 12.3. The number of nitrogens with zero attached hydrogens (tertiary/aromatic N) is 2. The number of amides is 3. The molecule has 7 heteroatoms. The normalized spacial score (nSPS) is 11.7. The number of aryl methyl sites for hydroxylation is 2. The number of urea groups is 1. The highest BCUT2D eigenvalue weighted by molar-refractivity contribution is 5.96. The van der Waals surface area contributed by atoms with Crippen LogP contribution in [0.2, 0.25) is 0 Å². The third kappa shape index (κ3) is 4.13. The zero-order valence-corrected chi connectivity index (χ0v) is 14.4. The van der Waals surface area contributed by atoms with E-state index in [-0.39, 0.29) is 18.0 Å². The van der Waals surface area contributed by atoms with Crippen molar-refractivity contribution in [2.24, 2.45) is 7.05 Å². The lowest BCUT2D eigenvalue weighted by atomic mass is 10.1. The van der Waals surface area contributed by atoms with E-state index in [1.54, 1.807) is 36.1 Å². The van der Waals surface area contributed by atoms with Crippen LogP contribution in [0.4, 0.5) is 10.5 Å². The van der Waals surface area contributed by atoms with Crippen molar-refractivity contribution in [2.75, 3.05) is 12.4 Å². The Hall–Kier alpha value is -2.83. The number of carbonyl (C=O) groups is 2. The minimum absolute atomic E-state index is 0.107. The van der Waals surface area contributed by atoms with Crippen LogP contribution in [0.25, 0.3) is 0 Å². The number of aromatic nitrogens is 2. The second kappa shape index (κ2) is 7.63. The molecule has 128 valence electrons. The molecular formula is C17H23N5O2. The summed E-state index contributed by atoms with van der Waals surface area (Å²) in [4.78, 5) is 23.9. The second-order valence-corrected chi connectivity index (χ2v) is 5.62. The molecule has 1 heterocycles. The second-order valence-electron chi connectivity index (χ2n) is 5.62. The summed E-state index contributed by atoms with van der Waals surface area (Å²) < 4.78 is 1.71. The van der Waals surface area contributed by atoms with E-state index in [0.29, 0.717) is 11.3 Å². The summed E-state index contributed by atoms with van der Waals surface area (Å²) in [5.41, 5.74) is 3.01. The first-order chi connectivity index (χ1) is 11.4. The number of anilines is 1. The number of carbonyl (C=O) groups excluding carboxylic acids is 2. The monoisotopic (exact) mass is 329 g/mol. The first-order valence-electron chi connectivity index (χ1n) is 7.83. The van der Waals surface area contributed by atoms with Crippen LogP contribution in [-0.4, -0.2) is 28.8 Å². The Kier molecular flexibility index (Phi) is 5.57. The van der Waals surface area contributed by atoms with Gasteiger partial charge in [0.05, 0.1) is 12.2 Å². The highest BCUT2D eigenvalue weighted by atomic mass is 16.2. The van der Waals surface area contributed by atoms with Crippen molar-refractivity contribution >= 4 is 17.6 Å². The molecule has 0 radical (unpaired) electrons. The average molecular weight is 329 g/mol. The number of nitrogens with one attached hydrogen (secondary N) is 3. The lowest BCUT2D eigenvalue weighted by Gasteiger charge is -2.17. The molecule has 0 saturated heterocycles. The zero-order chi connectivity index (χ0) is 17.7. The molecule has 2 rings (SSSR count). The smallest absolute Gasteiger partial charge is 0.319 e. The van der Waals surface area contributed by atoms with E-state index >= 15 is 0 Å². The van der Waals surface area contributed by atoms with Gasteiger partial charge in [-0.3, -0.25) is 9.48 Å². The van der Waals surface area contributed by atoms with Gasteiger partial charge in [0.15, 0.2) is 0 Å². The molecule has 0 aliphatic carbocycles. The summed E-state index contributed by atoms with van der Waals surface area (Å²) in [6.07, 6.45) is 4.39. The highest BCUT2D eigenvalue weighted by Crippen LogP contribution is 2.18. The summed E-state index contributed by atoms with van der Waals surface area (Å²) in [5, 5.41) is 12.5. The topological polar surface area (TPSA) is 88.1 Å². The standard InChI is InChI=1S/C17H23N5O2/c1-5-14(13-9-19-22(4)10-13)20-17(24)21-15-7-6-12(8-11(15)2)16(23)18-3/h6-10,14H,5H2,1-4H3,(H,18,23)(H2,20,21,24)/t14-/m0/s1. The molecular weight excluding hydrogens is 306 g/mol. The van der Waals surface area contributed by atoms with Gasteiger partial charge in [-0.05, 0) is 37.1 Å². The van der Waals surface area contributed by atoms with Crippen molar-refractivity contribution in [3.05, 3.63) is 47.3 Å². The largest absolute Gasteiger partial charge is 0.355 e. The lowest BCUT2D eigenvalue weighted by molar-refractivity contribution is 0.0963. The molecule has 24 heavy (non-hydrogen) atoms. The van der Waals surface area contributed by atoms with Crippen LogP contribution in [0.3, 0.4) is 0 Å². The quantitative estimate of drug-likeness (QED) is 0.787. The minimum Gasteiger partial charge on any atom is -0.355 e. The van der Waals surface area contributed by atoms with E-state index in [0.717, 1.165) is 17.5 Å². The van der Waals surface area contributed by atoms with Crippen LogP contribution in [0.5, 0.6) is 0 Å². The van der Waals surface area contributed by atoms with Crippen LogP contribution >= 0.6 is 0 Å². The Morgan fingerprint density at radius 1 is 1.33 bits per heavy atom. The maximum absolute atomic E-state index is 12.3.